The molecule has 0 N–H and O–H groups in total. The van der Waals surface area contributed by atoms with E-state index in [1.165, 1.54) is 94.6 Å². The molecule has 2 fully saturated rings. The molecule has 2 aliphatic heterocycles. The average Bonchev–Trinajstić information content (AvgIpc) is 1.69. The lowest BCUT2D eigenvalue weighted by atomic mass is 9.49. The Labute approximate surface area is 560 Å². The maximum atomic E-state index is 9.96. The fraction of sp³-hybridized carbons (Fsp3) is 0.561. The van der Waals surface area contributed by atoms with E-state index < -0.39 is 21.2 Å². The van der Waals surface area contributed by atoms with Gasteiger partial charge in [-0.3, -0.25) is 4.39 Å². The van der Waals surface area contributed by atoms with Crippen molar-refractivity contribution in [2.75, 3.05) is 7.15 Å². The monoisotopic (exact) mass is 1290 g/mol. The third kappa shape index (κ3) is 19.0. The molecule has 0 aromatic heterocycles. The molecule has 0 atom stereocenters. The molecule has 0 radical (unpaired) electrons. The van der Waals surface area contributed by atoms with Crippen LogP contribution in [0.4, 0.5) is 4.39 Å². The van der Waals surface area contributed by atoms with Crippen LogP contribution in [0.25, 0.3) is 44.5 Å². The Hall–Kier alpha value is -4.30. The molecule has 0 amide bonds. The van der Waals surface area contributed by atoms with E-state index in [4.69, 9.17) is 20.0 Å². The molecule has 4 nitrogen and oxygen atoms in total. The summed E-state index contributed by atoms with van der Waals surface area (Å²) in [7, 11) is -1.95. The Morgan fingerprint density at radius 3 is 0.589 bits per heavy atom. The number of benzene rings is 6. The van der Waals surface area contributed by atoms with Gasteiger partial charge in [0.05, 0.1) is 30.9 Å². The molecular formula is C82H120B2BrFO4. The van der Waals surface area contributed by atoms with E-state index in [0.29, 0.717) is 0 Å². The highest BCUT2D eigenvalue weighted by atomic mass is 79.9. The Morgan fingerprint density at radius 1 is 0.289 bits per heavy atom. The lowest BCUT2D eigenvalue weighted by molar-refractivity contribution is 0.00578. The number of hydrogen-bond acceptors (Lipinski definition) is 4. The molecule has 0 aliphatic carbocycles. The van der Waals surface area contributed by atoms with Crippen LogP contribution >= 0.6 is 15.9 Å². The Balaban J connectivity index is 0.000000254. The second-order valence-electron chi connectivity index (χ2n) is 36.3. The van der Waals surface area contributed by atoms with Crippen LogP contribution in [0.3, 0.4) is 0 Å². The zero-order valence-electron chi connectivity index (χ0n) is 63.6. The minimum absolute atomic E-state index is 0.0908. The Morgan fingerprint density at radius 2 is 0.433 bits per heavy atom. The molecule has 6 aromatic carbocycles. The van der Waals surface area contributed by atoms with Gasteiger partial charge in [-0.1, -0.05) is 267 Å². The minimum atomic E-state index is -1.00. The van der Waals surface area contributed by atoms with Gasteiger partial charge in [-0.2, -0.15) is 0 Å². The van der Waals surface area contributed by atoms with Gasteiger partial charge in [-0.05, 0) is 224 Å². The summed E-state index contributed by atoms with van der Waals surface area (Å²) in [5.74, 6) is 0. The third-order valence-corrected chi connectivity index (χ3v) is 19.2. The molecule has 6 aromatic rings. The summed E-state index contributed by atoms with van der Waals surface area (Å²) < 4.78 is 40.5. The Kier molecular flexibility index (Phi) is 22.0. The van der Waals surface area contributed by atoms with E-state index in [9.17, 15) is 4.39 Å². The summed E-state index contributed by atoms with van der Waals surface area (Å²) in [4.78, 5) is 0. The number of aryl methyl sites for hydroxylation is 1. The number of alkyl halides is 1. The highest BCUT2D eigenvalue weighted by Crippen LogP contribution is 2.45. The number of halogens is 2. The fourth-order valence-electron chi connectivity index (χ4n) is 10.7. The molecule has 0 unspecified atom stereocenters. The molecule has 8 rings (SSSR count). The van der Waals surface area contributed by atoms with Crippen molar-refractivity contribution in [3.63, 3.8) is 0 Å². The lowest BCUT2D eigenvalue weighted by Crippen LogP contribution is -2.41. The van der Waals surface area contributed by atoms with Gasteiger partial charge in [-0.15, -0.1) is 0 Å². The van der Waals surface area contributed by atoms with Crippen LogP contribution in [0.2, 0.25) is 0 Å². The topological polar surface area (TPSA) is 36.9 Å². The molecule has 2 heterocycles. The molecular weight excluding hydrogens is 1170 g/mol. The van der Waals surface area contributed by atoms with E-state index >= 15 is 0 Å². The van der Waals surface area contributed by atoms with Crippen LogP contribution in [0.1, 0.15) is 273 Å². The predicted octanol–water partition coefficient (Wildman–Crippen LogP) is 24.3. The first-order valence-electron chi connectivity index (χ1n) is 33.6. The van der Waals surface area contributed by atoms with Crippen molar-refractivity contribution in [3.05, 3.63) is 164 Å². The average molecular weight is 1290 g/mol. The van der Waals surface area contributed by atoms with Gasteiger partial charge in [0.15, 0.2) is 0 Å². The first-order valence-corrected chi connectivity index (χ1v) is 33.7. The number of rotatable bonds is 5. The van der Waals surface area contributed by atoms with E-state index in [1.807, 2.05) is 55.4 Å². The molecule has 492 valence electrons. The van der Waals surface area contributed by atoms with Crippen LogP contribution in [0.5, 0.6) is 0 Å². The standard InChI is InChI=1S/C35H48.C34H45Br.C12H24B2O4.CH3F/c1-23-14-24(26-17-28(32(2,3)4)21-29(18-26)33(5,6)7)16-25(15-23)27-19-30(34(8,9)10)22-31(20-27)35(11,12)13;1-31(2,3)26-14-24(15-27(20-26)32(4,5)6)22-13-23(19-30(35)18-22)25-16-28(33(7,8)9)21-29(17-25)34(10,11)12;1-9(2)10(3,4)16-13(15-9)14-17-11(5,6)12(7,8)18-14;1-2/h14-22H,1-13H3;13-21H,1-12H3;1-8H3;1H3/i;;;1D. The molecule has 0 spiro atoms. The van der Waals surface area contributed by atoms with Gasteiger partial charge in [0.1, 0.15) is 0 Å². The smallest absolute Gasteiger partial charge is 0.405 e. The molecule has 8 heteroatoms. The van der Waals surface area contributed by atoms with E-state index in [2.05, 4.69) is 298 Å². The maximum Gasteiger partial charge on any atom is 0.488 e. The van der Waals surface area contributed by atoms with Gasteiger partial charge in [0, 0.05) is 4.47 Å². The second kappa shape index (κ2) is 26.5. The quantitative estimate of drug-likeness (QED) is 0.161. The van der Waals surface area contributed by atoms with E-state index in [0.717, 1.165) is 4.47 Å². The maximum absolute atomic E-state index is 9.96. The van der Waals surface area contributed by atoms with Crippen LogP contribution in [0.15, 0.2) is 114 Å². The summed E-state index contributed by atoms with van der Waals surface area (Å²) >= 11 is 3.84. The van der Waals surface area contributed by atoms with Crippen molar-refractivity contribution in [1.29, 1.82) is 0 Å². The summed E-state index contributed by atoms with van der Waals surface area (Å²) in [5, 5.41) is 0. The SMILES string of the molecule is CC(C)(C)c1cc(-c2cc(Br)cc(-c3cc(C(C)(C)C)cc(C(C)(C)C)c3)c2)cc(C(C)(C)C)c1.CC1(C)OB(B2OC(C)(C)C(C)(C)O2)OC1(C)C.Cc1cc(-c2cc(C(C)(C)C)cc(C(C)(C)C)c2)cc(-c2cc(C(C)(C)C)cc(C(C)(C)C)c2)c1.[2H]CF. The van der Waals surface area contributed by atoms with Crippen molar-refractivity contribution in [2.24, 2.45) is 0 Å². The number of hydrogen-bond donors (Lipinski definition) is 0. The molecule has 0 saturated carbocycles. The lowest BCUT2D eigenvalue weighted by Gasteiger charge is -2.32. The first-order chi connectivity index (χ1) is 40.8. The van der Waals surface area contributed by atoms with Crippen molar-refractivity contribution in [2.45, 2.75) is 294 Å². The van der Waals surface area contributed by atoms with Crippen molar-refractivity contribution >= 4 is 29.9 Å². The minimum Gasteiger partial charge on any atom is -0.405 e. The van der Waals surface area contributed by atoms with Crippen molar-refractivity contribution in [3.8, 4) is 44.5 Å². The summed E-state index contributed by atoms with van der Waals surface area (Å²) in [6.45, 7) is 73.8. The zero-order chi connectivity index (χ0) is 69.8. The molecule has 0 bridgehead atoms. The molecule has 2 aliphatic rings. The van der Waals surface area contributed by atoms with E-state index in [1.54, 1.807) is 0 Å². The van der Waals surface area contributed by atoms with Crippen LogP contribution in [-0.4, -0.2) is 43.6 Å². The second-order valence-corrected chi connectivity index (χ2v) is 37.2. The van der Waals surface area contributed by atoms with Gasteiger partial charge in [-0.25, -0.2) is 0 Å². The van der Waals surface area contributed by atoms with Crippen LogP contribution < -0.4 is 0 Å². The predicted molar refractivity (Wildman–Crippen MR) is 396 cm³/mol. The highest BCUT2D eigenvalue weighted by molar-refractivity contribution is 9.10. The van der Waals surface area contributed by atoms with Gasteiger partial charge < -0.3 is 18.6 Å². The summed E-state index contributed by atoms with van der Waals surface area (Å²) in [6.07, 6.45) is 0. The van der Waals surface area contributed by atoms with Gasteiger partial charge >= 0.3 is 14.0 Å². The first kappa shape index (κ1) is 74.7. The highest BCUT2D eigenvalue weighted by Gasteiger charge is 2.63. The van der Waals surface area contributed by atoms with Crippen molar-refractivity contribution in [1.82, 2.24) is 0 Å². The normalized spacial score (nSPS) is 16.9. The Bertz CT molecular complexity index is 2920. The summed E-state index contributed by atoms with van der Waals surface area (Å²) in [5.41, 5.74) is 22.1. The zero-order valence-corrected chi connectivity index (χ0v) is 64.2. The van der Waals surface area contributed by atoms with E-state index in [-0.39, 0.29) is 65.7 Å². The largest absolute Gasteiger partial charge is 0.488 e. The van der Waals surface area contributed by atoms with Gasteiger partial charge in [0.25, 0.3) is 0 Å². The molecule has 2 saturated heterocycles. The van der Waals surface area contributed by atoms with Crippen LogP contribution in [0, 0.1) is 6.92 Å². The van der Waals surface area contributed by atoms with Gasteiger partial charge in [0.2, 0.25) is 0 Å². The van der Waals surface area contributed by atoms with Crippen molar-refractivity contribution < 1.29 is 24.4 Å². The fourth-order valence-corrected chi connectivity index (χ4v) is 11.2. The third-order valence-electron chi connectivity index (χ3n) is 18.7. The van der Waals surface area contributed by atoms with Crippen LogP contribution in [-0.2, 0) is 61.9 Å². The summed E-state index contributed by atoms with van der Waals surface area (Å²) in [6, 6.07) is 42.7. The molecule has 90 heavy (non-hydrogen) atoms.